The van der Waals surface area contributed by atoms with Crippen LogP contribution in [0.1, 0.15) is 13.3 Å². The Morgan fingerprint density at radius 2 is 1.93 bits per heavy atom. The third kappa shape index (κ3) is 3.82. The van der Waals surface area contributed by atoms with Crippen LogP contribution in [0.2, 0.25) is 0 Å². The van der Waals surface area contributed by atoms with E-state index in [0.717, 1.165) is 20.3 Å². The number of thiazole rings is 1. The first kappa shape index (κ1) is 20.5. The largest absolute Gasteiger partial charge is 0.497 e. The van der Waals surface area contributed by atoms with Crippen molar-refractivity contribution in [2.75, 3.05) is 25.7 Å². The summed E-state index contributed by atoms with van der Waals surface area (Å²) in [5.74, 6) is 1.24. The van der Waals surface area contributed by atoms with Crippen molar-refractivity contribution in [1.29, 1.82) is 0 Å². The lowest BCUT2D eigenvalue weighted by Gasteiger charge is -2.18. The van der Waals surface area contributed by atoms with Crippen LogP contribution in [0.15, 0.2) is 40.7 Å². The first-order chi connectivity index (χ1) is 14.5. The second kappa shape index (κ2) is 8.53. The van der Waals surface area contributed by atoms with E-state index in [1.807, 2.05) is 25.1 Å². The van der Waals surface area contributed by atoms with Crippen LogP contribution in [-0.2, 0) is 9.59 Å². The van der Waals surface area contributed by atoms with E-state index in [1.54, 1.807) is 25.3 Å². The summed E-state index contributed by atoms with van der Waals surface area (Å²) in [6, 6.07) is 10.7. The molecule has 2 heterocycles. The van der Waals surface area contributed by atoms with Crippen LogP contribution in [-0.4, -0.2) is 42.9 Å². The summed E-state index contributed by atoms with van der Waals surface area (Å²) in [6.45, 7) is 2.53. The molecule has 1 aliphatic rings. The lowest BCUT2D eigenvalue weighted by Crippen LogP contribution is -2.31. The first-order valence-electron chi connectivity index (χ1n) is 9.33. The van der Waals surface area contributed by atoms with Crippen molar-refractivity contribution in [3.63, 3.8) is 0 Å². The van der Waals surface area contributed by atoms with Gasteiger partial charge in [0.2, 0.25) is 11.8 Å². The zero-order valence-corrected chi connectivity index (χ0v) is 18.3. The number of nitrogens with zero attached hydrogens (tertiary/aromatic N) is 2. The minimum absolute atomic E-state index is 0.110. The summed E-state index contributed by atoms with van der Waals surface area (Å²) in [5, 5.41) is -0.531. The number of ether oxygens (including phenoxy) is 3. The van der Waals surface area contributed by atoms with Crippen LogP contribution >= 0.6 is 23.1 Å². The molecule has 1 aromatic heterocycles. The van der Waals surface area contributed by atoms with Gasteiger partial charge in [0, 0.05) is 12.5 Å². The summed E-state index contributed by atoms with van der Waals surface area (Å²) in [7, 11) is 3.04. The second-order valence-electron chi connectivity index (χ2n) is 6.46. The number of benzene rings is 2. The number of thioether (sulfide) groups is 1. The van der Waals surface area contributed by atoms with Gasteiger partial charge in [-0.25, -0.2) is 9.88 Å². The topological polar surface area (TPSA) is 78.0 Å². The minimum Gasteiger partial charge on any atom is -0.497 e. The highest BCUT2D eigenvalue weighted by Gasteiger charge is 2.41. The Bertz CT molecular complexity index is 1110. The van der Waals surface area contributed by atoms with Gasteiger partial charge in [0.15, 0.2) is 4.34 Å². The third-order valence-corrected chi connectivity index (χ3v) is 6.92. The SMILES string of the molecule is CCOc1ccc2nc(S[C@H]3CC(=O)N(c4ccc(OC)cc4OC)C3=O)sc2c1. The molecule has 30 heavy (non-hydrogen) atoms. The normalized spacial score (nSPS) is 16.4. The summed E-state index contributed by atoms with van der Waals surface area (Å²) >= 11 is 2.80. The highest BCUT2D eigenvalue weighted by molar-refractivity contribution is 8.02. The molecule has 0 saturated carbocycles. The number of hydrogen-bond acceptors (Lipinski definition) is 8. The summed E-state index contributed by atoms with van der Waals surface area (Å²) in [5.41, 5.74) is 1.26. The maximum Gasteiger partial charge on any atom is 0.247 e. The number of hydrogen-bond donors (Lipinski definition) is 0. The highest BCUT2D eigenvalue weighted by atomic mass is 32.2. The van der Waals surface area contributed by atoms with Crippen molar-refractivity contribution in [2.24, 2.45) is 0 Å². The molecule has 0 radical (unpaired) electrons. The van der Waals surface area contributed by atoms with Crippen LogP contribution in [0.3, 0.4) is 0 Å². The van der Waals surface area contributed by atoms with E-state index in [0.29, 0.717) is 23.8 Å². The van der Waals surface area contributed by atoms with Gasteiger partial charge in [0.1, 0.15) is 22.5 Å². The Balaban J connectivity index is 1.57. The molecule has 9 heteroatoms. The Morgan fingerprint density at radius 1 is 1.13 bits per heavy atom. The molecular weight excluding hydrogens is 424 g/mol. The monoisotopic (exact) mass is 444 g/mol. The molecule has 0 unspecified atom stereocenters. The Kier molecular flexibility index (Phi) is 5.83. The predicted octanol–water partition coefficient (Wildman–Crippen LogP) is 4.14. The maximum atomic E-state index is 13.1. The fraction of sp³-hybridized carbons (Fsp3) is 0.286. The van der Waals surface area contributed by atoms with Gasteiger partial charge >= 0.3 is 0 Å². The minimum atomic E-state index is -0.531. The average molecular weight is 445 g/mol. The van der Waals surface area contributed by atoms with E-state index < -0.39 is 5.25 Å². The van der Waals surface area contributed by atoms with Crippen molar-refractivity contribution >= 4 is 50.8 Å². The molecule has 4 rings (SSSR count). The van der Waals surface area contributed by atoms with E-state index >= 15 is 0 Å². The number of fused-ring (bicyclic) bond motifs is 1. The van der Waals surface area contributed by atoms with Crippen molar-refractivity contribution in [3.8, 4) is 17.2 Å². The number of aromatic nitrogens is 1. The number of methoxy groups -OCH3 is 2. The van der Waals surface area contributed by atoms with Gasteiger partial charge in [-0.3, -0.25) is 9.59 Å². The van der Waals surface area contributed by atoms with Crippen molar-refractivity contribution < 1.29 is 23.8 Å². The molecule has 0 N–H and O–H groups in total. The smallest absolute Gasteiger partial charge is 0.247 e. The number of amides is 2. The van der Waals surface area contributed by atoms with Crippen LogP contribution in [0.5, 0.6) is 17.2 Å². The molecule has 1 aliphatic heterocycles. The van der Waals surface area contributed by atoms with Crippen LogP contribution in [0.4, 0.5) is 5.69 Å². The second-order valence-corrected chi connectivity index (χ2v) is 8.94. The Labute approximate surface area is 181 Å². The van der Waals surface area contributed by atoms with Gasteiger partial charge in [-0.1, -0.05) is 11.8 Å². The average Bonchev–Trinajstić information content (AvgIpc) is 3.27. The van der Waals surface area contributed by atoms with E-state index in [4.69, 9.17) is 14.2 Å². The van der Waals surface area contributed by atoms with Crippen molar-refractivity contribution in [1.82, 2.24) is 4.98 Å². The van der Waals surface area contributed by atoms with Crippen molar-refractivity contribution in [2.45, 2.75) is 22.9 Å². The van der Waals surface area contributed by atoms with Gasteiger partial charge in [0.05, 0.1) is 36.7 Å². The predicted molar refractivity (Wildman–Crippen MR) is 117 cm³/mol. The van der Waals surface area contributed by atoms with E-state index in [2.05, 4.69) is 4.98 Å². The van der Waals surface area contributed by atoms with Gasteiger partial charge < -0.3 is 14.2 Å². The van der Waals surface area contributed by atoms with Crippen LogP contribution < -0.4 is 19.1 Å². The van der Waals surface area contributed by atoms with Crippen LogP contribution in [0.25, 0.3) is 10.2 Å². The van der Waals surface area contributed by atoms with E-state index in [1.165, 1.54) is 35.1 Å². The van der Waals surface area contributed by atoms with Gasteiger partial charge in [-0.2, -0.15) is 0 Å². The van der Waals surface area contributed by atoms with E-state index in [-0.39, 0.29) is 18.2 Å². The number of imide groups is 1. The number of carbonyl (C=O) groups excluding carboxylic acids is 2. The number of anilines is 1. The Morgan fingerprint density at radius 3 is 2.67 bits per heavy atom. The maximum absolute atomic E-state index is 13.1. The lowest BCUT2D eigenvalue weighted by molar-refractivity contribution is -0.121. The Hall–Kier alpha value is -2.78. The lowest BCUT2D eigenvalue weighted by atomic mass is 10.2. The molecule has 0 spiro atoms. The molecule has 156 valence electrons. The molecule has 2 amide bonds. The molecule has 7 nitrogen and oxygen atoms in total. The van der Waals surface area contributed by atoms with Crippen molar-refractivity contribution in [3.05, 3.63) is 36.4 Å². The molecular formula is C21H20N2O5S2. The quantitative estimate of drug-likeness (QED) is 0.507. The molecule has 3 aromatic rings. The van der Waals surface area contributed by atoms with Gasteiger partial charge in [-0.15, -0.1) is 11.3 Å². The molecule has 0 aliphatic carbocycles. The zero-order valence-electron chi connectivity index (χ0n) is 16.7. The van der Waals surface area contributed by atoms with Crippen LogP contribution in [0, 0.1) is 0 Å². The molecule has 2 aromatic carbocycles. The fourth-order valence-corrected chi connectivity index (χ4v) is 5.59. The molecule has 1 fully saturated rings. The summed E-state index contributed by atoms with van der Waals surface area (Å²) in [6.07, 6.45) is 0.110. The third-order valence-electron chi connectivity index (χ3n) is 4.63. The fourth-order valence-electron chi connectivity index (χ4n) is 3.23. The molecule has 1 atom stereocenters. The molecule has 1 saturated heterocycles. The van der Waals surface area contributed by atoms with Gasteiger partial charge in [0.25, 0.3) is 0 Å². The van der Waals surface area contributed by atoms with E-state index in [9.17, 15) is 9.59 Å². The first-order valence-corrected chi connectivity index (χ1v) is 11.0. The summed E-state index contributed by atoms with van der Waals surface area (Å²) in [4.78, 5) is 31.5. The van der Waals surface area contributed by atoms with Gasteiger partial charge in [-0.05, 0) is 37.3 Å². The zero-order chi connectivity index (χ0) is 21.3. The summed E-state index contributed by atoms with van der Waals surface area (Å²) < 4.78 is 17.8. The number of carbonyl (C=O) groups is 2. The standard InChI is InChI=1S/C21H20N2O5S2/c1-4-28-13-5-7-14-17(10-13)29-21(22-14)30-18-11-19(24)23(20(18)25)15-8-6-12(26-2)9-16(15)27-3/h5-10,18H,4,11H2,1-3H3/t18-/m0/s1. The molecule has 0 bridgehead atoms. The highest BCUT2D eigenvalue weighted by Crippen LogP contribution is 2.41. The number of rotatable bonds is 7.